The number of fused-ring (bicyclic) bond motifs is 14. The van der Waals surface area contributed by atoms with Crippen LogP contribution in [0.2, 0.25) is 0 Å². The van der Waals surface area contributed by atoms with Crippen molar-refractivity contribution in [1.29, 1.82) is 0 Å². The van der Waals surface area contributed by atoms with E-state index < -0.39 is 0 Å². The summed E-state index contributed by atoms with van der Waals surface area (Å²) in [4.78, 5) is 20.3. The van der Waals surface area contributed by atoms with Gasteiger partial charge in [0.15, 0.2) is 23.3 Å². The number of imidazole rings is 4. The second-order valence-electron chi connectivity index (χ2n) is 11.5. The number of nitrogens with zero attached hydrogens (tertiary/aromatic N) is 8. The molecular weight excluding hydrogens is 576 g/mol. The van der Waals surface area contributed by atoms with Crippen molar-refractivity contribution in [2.24, 2.45) is 0 Å². The molecule has 0 spiro atoms. The van der Waals surface area contributed by atoms with Gasteiger partial charge in [0.05, 0.1) is 70.6 Å². The van der Waals surface area contributed by atoms with Gasteiger partial charge in [0.1, 0.15) is 0 Å². The van der Waals surface area contributed by atoms with Gasteiger partial charge in [-0.1, -0.05) is 48.5 Å². The monoisotopic (exact) mass is 608 g/mol. The van der Waals surface area contributed by atoms with Crippen molar-refractivity contribution >= 4 is 44.1 Å². The molecule has 0 radical (unpaired) electrons. The Morgan fingerprint density at radius 2 is 0.587 bits per heavy atom. The van der Waals surface area contributed by atoms with Gasteiger partial charge in [-0.2, -0.15) is 0 Å². The molecule has 4 aromatic heterocycles. The first kappa shape index (κ1) is 27.0. The van der Waals surface area contributed by atoms with Gasteiger partial charge in [-0.05, 0) is 48.5 Å². The van der Waals surface area contributed by atoms with E-state index in [0.29, 0.717) is 52.6 Å². The van der Waals surface area contributed by atoms with Crippen LogP contribution < -0.4 is 0 Å². The van der Waals surface area contributed by atoms with E-state index in [0.717, 1.165) is 67.4 Å². The number of rotatable bonds is 0. The standard InChI is InChI=1S/C36H32N8O2/c1-5-13-29-25(9-1)37-33-34-38-26-10-2-6-14-30(26)42(34)18-22-46-24-20-44-32-16-8-4-12-28(32)40-36(44)35-39-27-11-3-7-15-31(27)43(35)19-23-45-21-17-41(29)33/h1-16H,17-24H2. The van der Waals surface area contributed by atoms with Crippen LogP contribution in [-0.2, 0) is 35.7 Å². The highest BCUT2D eigenvalue weighted by molar-refractivity contribution is 5.85. The normalized spacial score (nSPS) is 15.0. The van der Waals surface area contributed by atoms with Crippen LogP contribution in [0.4, 0.5) is 0 Å². The molecule has 9 rings (SSSR count). The van der Waals surface area contributed by atoms with Gasteiger partial charge in [-0.15, -0.1) is 0 Å². The summed E-state index contributed by atoms with van der Waals surface area (Å²) < 4.78 is 21.6. The Labute approximate surface area is 264 Å². The van der Waals surface area contributed by atoms with Crippen LogP contribution >= 0.6 is 0 Å². The summed E-state index contributed by atoms with van der Waals surface area (Å²) in [5.41, 5.74) is 8.01. The lowest BCUT2D eigenvalue weighted by Crippen LogP contribution is -2.16. The lowest BCUT2D eigenvalue weighted by molar-refractivity contribution is 0.118. The Morgan fingerprint density at radius 1 is 0.348 bits per heavy atom. The van der Waals surface area contributed by atoms with E-state index in [1.807, 2.05) is 24.3 Å². The van der Waals surface area contributed by atoms with Gasteiger partial charge >= 0.3 is 0 Å². The van der Waals surface area contributed by atoms with E-state index in [1.165, 1.54) is 0 Å². The SMILES string of the molecule is c1ccc2c(c1)nc1n2CCOCCn2c(nc3ccccc32)-c2nc3ccccc3n2CCOCCn2c-1nc1ccccc12. The van der Waals surface area contributed by atoms with E-state index in [9.17, 15) is 0 Å². The second kappa shape index (κ2) is 11.2. The quantitative estimate of drug-likeness (QED) is 0.205. The van der Waals surface area contributed by atoms with Gasteiger partial charge < -0.3 is 27.7 Å². The first-order chi connectivity index (χ1) is 22.8. The first-order valence-corrected chi connectivity index (χ1v) is 15.8. The third kappa shape index (κ3) is 4.48. The van der Waals surface area contributed by atoms with Crippen LogP contribution in [0.15, 0.2) is 97.1 Å². The number of hydrogen-bond acceptors (Lipinski definition) is 6. The van der Waals surface area contributed by atoms with Crippen LogP contribution in [0.3, 0.4) is 0 Å². The Morgan fingerprint density at radius 3 is 0.848 bits per heavy atom. The molecule has 0 saturated carbocycles. The third-order valence-corrected chi connectivity index (χ3v) is 8.86. The third-order valence-electron chi connectivity index (χ3n) is 8.86. The van der Waals surface area contributed by atoms with Crippen molar-refractivity contribution in [2.75, 3.05) is 26.4 Å². The zero-order chi connectivity index (χ0) is 30.5. The Kier molecular flexibility index (Phi) is 6.60. The molecule has 228 valence electrons. The van der Waals surface area contributed by atoms with E-state index in [4.69, 9.17) is 29.4 Å². The van der Waals surface area contributed by atoms with Gasteiger partial charge in [-0.3, -0.25) is 0 Å². The molecule has 0 fully saturated rings. The van der Waals surface area contributed by atoms with Crippen molar-refractivity contribution in [1.82, 2.24) is 38.2 Å². The van der Waals surface area contributed by atoms with Gasteiger partial charge in [0, 0.05) is 26.2 Å². The number of hydrogen-bond donors (Lipinski definition) is 0. The summed E-state index contributed by atoms with van der Waals surface area (Å²) in [6, 6.07) is 33.0. The molecule has 0 bridgehead atoms. The number of para-hydroxylation sites is 8. The summed E-state index contributed by atoms with van der Waals surface area (Å²) in [6.45, 7) is 4.67. The molecule has 0 atom stereocenters. The van der Waals surface area contributed by atoms with Crippen molar-refractivity contribution in [3.8, 4) is 23.3 Å². The van der Waals surface area contributed by atoms with Gasteiger partial charge in [0.25, 0.3) is 0 Å². The minimum atomic E-state index is 0.525. The molecule has 0 unspecified atom stereocenters. The first-order valence-electron chi connectivity index (χ1n) is 15.8. The van der Waals surface area contributed by atoms with Gasteiger partial charge in [0.2, 0.25) is 0 Å². The lowest BCUT2D eigenvalue weighted by atomic mass is 10.3. The molecule has 0 amide bonds. The van der Waals surface area contributed by atoms with Crippen molar-refractivity contribution in [2.45, 2.75) is 26.2 Å². The smallest absolute Gasteiger partial charge is 0.177 e. The molecule has 4 aromatic carbocycles. The highest BCUT2D eigenvalue weighted by atomic mass is 16.5. The minimum absolute atomic E-state index is 0.525. The minimum Gasteiger partial charge on any atom is -0.378 e. The lowest BCUT2D eigenvalue weighted by Gasteiger charge is -2.15. The molecular formula is C36H32N8O2. The Hall–Kier alpha value is -5.32. The second-order valence-corrected chi connectivity index (χ2v) is 11.5. The maximum absolute atomic E-state index is 6.35. The van der Waals surface area contributed by atoms with Crippen LogP contribution in [0, 0.1) is 0 Å². The predicted octanol–water partition coefficient (Wildman–Crippen LogP) is 6.17. The molecule has 8 aromatic rings. The largest absolute Gasteiger partial charge is 0.378 e. The predicted molar refractivity (Wildman–Crippen MR) is 179 cm³/mol. The molecule has 10 nitrogen and oxygen atoms in total. The summed E-state index contributed by atoms with van der Waals surface area (Å²) in [7, 11) is 0. The average Bonchev–Trinajstić information content (AvgIpc) is 3.85. The molecule has 0 aliphatic carbocycles. The summed E-state index contributed by atoms with van der Waals surface area (Å²) in [5, 5.41) is 0. The maximum atomic E-state index is 6.35. The topological polar surface area (TPSA) is 89.7 Å². The molecule has 0 saturated heterocycles. The van der Waals surface area contributed by atoms with E-state index in [-0.39, 0.29) is 0 Å². The van der Waals surface area contributed by atoms with Crippen LogP contribution in [0.5, 0.6) is 0 Å². The van der Waals surface area contributed by atoms with Gasteiger partial charge in [-0.25, -0.2) is 19.9 Å². The molecule has 1 aliphatic rings. The van der Waals surface area contributed by atoms with Crippen molar-refractivity contribution < 1.29 is 9.47 Å². The van der Waals surface area contributed by atoms with Crippen LogP contribution in [0.1, 0.15) is 0 Å². The number of benzene rings is 4. The summed E-state index contributed by atoms with van der Waals surface area (Å²) >= 11 is 0. The van der Waals surface area contributed by atoms with Crippen LogP contribution in [-0.4, -0.2) is 64.6 Å². The van der Waals surface area contributed by atoms with Crippen molar-refractivity contribution in [3.05, 3.63) is 97.1 Å². The van der Waals surface area contributed by atoms with Crippen LogP contribution in [0.25, 0.3) is 67.4 Å². The average molecular weight is 609 g/mol. The Balaban J connectivity index is 1.14. The highest BCUT2D eigenvalue weighted by Gasteiger charge is 2.22. The van der Waals surface area contributed by atoms with Crippen molar-refractivity contribution in [3.63, 3.8) is 0 Å². The highest BCUT2D eigenvalue weighted by Crippen LogP contribution is 2.30. The molecule has 0 N–H and O–H groups in total. The molecule has 1 aliphatic heterocycles. The fourth-order valence-corrected chi connectivity index (χ4v) is 6.72. The molecule has 10 heteroatoms. The fraction of sp³-hybridized carbons (Fsp3) is 0.222. The van der Waals surface area contributed by atoms with E-state index >= 15 is 0 Å². The maximum Gasteiger partial charge on any atom is 0.177 e. The van der Waals surface area contributed by atoms with E-state index in [1.54, 1.807) is 0 Å². The molecule has 46 heavy (non-hydrogen) atoms. The van der Waals surface area contributed by atoms with E-state index in [2.05, 4.69) is 91.1 Å². The summed E-state index contributed by atoms with van der Waals surface area (Å²) in [5.74, 6) is 3.33. The zero-order valence-corrected chi connectivity index (χ0v) is 25.3. The number of ether oxygens (including phenoxy) is 2. The number of aromatic nitrogens is 8. The molecule has 5 heterocycles. The summed E-state index contributed by atoms with van der Waals surface area (Å²) in [6.07, 6.45) is 0. The zero-order valence-electron chi connectivity index (χ0n) is 25.3. The fourth-order valence-electron chi connectivity index (χ4n) is 6.72. The Bertz CT molecular complexity index is 2030.